The highest BCUT2D eigenvalue weighted by Gasteiger charge is 2.21. The van der Waals surface area contributed by atoms with Crippen LogP contribution in [-0.2, 0) is 12.8 Å². The molecular weight excluding hydrogens is 391 g/mol. The van der Waals surface area contributed by atoms with E-state index >= 15 is 0 Å². The van der Waals surface area contributed by atoms with Crippen molar-refractivity contribution in [2.24, 2.45) is 0 Å². The molecule has 1 aliphatic rings. The van der Waals surface area contributed by atoms with E-state index in [-0.39, 0.29) is 11.9 Å². The van der Waals surface area contributed by atoms with E-state index in [1.54, 1.807) is 18.3 Å². The summed E-state index contributed by atoms with van der Waals surface area (Å²) in [5.74, 6) is -1.27. The number of pyridine rings is 1. The van der Waals surface area contributed by atoms with Gasteiger partial charge in [-0.2, -0.15) is 0 Å². The van der Waals surface area contributed by atoms with Gasteiger partial charge >= 0.3 is 5.97 Å². The number of hydrogen-bond acceptors (Lipinski definition) is 3. The van der Waals surface area contributed by atoms with Crippen molar-refractivity contribution in [3.63, 3.8) is 0 Å². The quantitative estimate of drug-likeness (QED) is 0.617. The smallest absolute Gasteiger partial charge is 0.336 e. The molecule has 2 aromatic carbocycles. The summed E-state index contributed by atoms with van der Waals surface area (Å²) < 4.78 is 14.3. The Labute approximate surface area is 173 Å². The first-order valence-electron chi connectivity index (χ1n) is 9.51. The topological polar surface area (TPSA) is 62.2 Å². The van der Waals surface area contributed by atoms with E-state index in [0.29, 0.717) is 22.6 Å². The Morgan fingerprint density at radius 3 is 2.90 bits per heavy atom. The predicted octanol–water partition coefficient (Wildman–Crippen LogP) is 5.06. The number of carbonyl (C=O) groups is 1. The molecule has 0 bridgehead atoms. The molecule has 0 fully saturated rings. The molecule has 0 aliphatic carbocycles. The largest absolute Gasteiger partial charge is 0.478 e. The van der Waals surface area contributed by atoms with E-state index in [1.165, 1.54) is 29.5 Å². The second-order valence-corrected chi connectivity index (χ2v) is 7.61. The summed E-state index contributed by atoms with van der Waals surface area (Å²) in [5, 5.41) is 13.2. The molecule has 2 heterocycles. The second-order valence-electron chi connectivity index (χ2n) is 7.17. The molecule has 0 saturated carbocycles. The van der Waals surface area contributed by atoms with Crippen LogP contribution in [0.2, 0.25) is 5.02 Å². The fraction of sp³-hybridized carbons (Fsp3) is 0.217. The summed E-state index contributed by atoms with van der Waals surface area (Å²) >= 11 is 5.87. The minimum absolute atomic E-state index is 0.115. The number of rotatable bonds is 5. The van der Waals surface area contributed by atoms with Crippen molar-refractivity contribution in [2.45, 2.75) is 25.3 Å². The standard InChI is InChI=1S/C23H20ClFN2O2/c24-17-3-5-18(21(25)12-17)14-1-4-19-15(11-14)7-10-27-22(19)6-2-16-13-26-9-8-20(16)23(28)29/h1,3-5,8-9,11-13,22,27H,2,6-7,10H2,(H,28,29)/t22-/m1/s1. The average Bonchev–Trinajstić information content (AvgIpc) is 2.72. The molecular formula is C23H20ClFN2O2. The van der Waals surface area contributed by atoms with E-state index < -0.39 is 5.97 Å². The molecule has 4 rings (SSSR count). The highest BCUT2D eigenvalue weighted by Crippen LogP contribution is 2.32. The van der Waals surface area contributed by atoms with Crippen LogP contribution >= 0.6 is 11.6 Å². The van der Waals surface area contributed by atoms with Crippen LogP contribution in [0.3, 0.4) is 0 Å². The lowest BCUT2D eigenvalue weighted by molar-refractivity contribution is 0.0695. The lowest BCUT2D eigenvalue weighted by Crippen LogP contribution is -2.30. The molecule has 29 heavy (non-hydrogen) atoms. The van der Waals surface area contributed by atoms with Gasteiger partial charge in [0.2, 0.25) is 0 Å². The molecule has 0 saturated heterocycles. The van der Waals surface area contributed by atoms with Gasteiger partial charge in [0.25, 0.3) is 0 Å². The Kier molecular flexibility index (Phi) is 5.60. The highest BCUT2D eigenvalue weighted by atomic mass is 35.5. The van der Waals surface area contributed by atoms with Crippen LogP contribution in [0.15, 0.2) is 54.9 Å². The fourth-order valence-corrected chi connectivity index (χ4v) is 4.10. The Balaban J connectivity index is 1.57. The van der Waals surface area contributed by atoms with Gasteiger partial charge in [-0.05, 0) is 72.3 Å². The molecule has 2 N–H and O–H groups in total. The van der Waals surface area contributed by atoms with E-state index in [2.05, 4.69) is 10.3 Å². The summed E-state index contributed by atoms with van der Waals surface area (Å²) in [5.41, 5.74) is 4.76. The third-order valence-corrected chi connectivity index (χ3v) is 5.62. The number of benzene rings is 2. The van der Waals surface area contributed by atoms with E-state index in [1.807, 2.05) is 18.2 Å². The van der Waals surface area contributed by atoms with Crippen molar-refractivity contribution in [2.75, 3.05) is 6.54 Å². The van der Waals surface area contributed by atoms with Crippen LogP contribution in [0.25, 0.3) is 11.1 Å². The van der Waals surface area contributed by atoms with Crippen molar-refractivity contribution in [1.29, 1.82) is 0 Å². The number of nitrogens with one attached hydrogen (secondary N) is 1. The number of hydrogen-bond donors (Lipinski definition) is 2. The van der Waals surface area contributed by atoms with Gasteiger partial charge in [0.1, 0.15) is 5.82 Å². The Hall–Kier alpha value is -2.76. The molecule has 4 nitrogen and oxygen atoms in total. The fourth-order valence-electron chi connectivity index (χ4n) is 3.94. The minimum Gasteiger partial charge on any atom is -0.478 e. The monoisotopic (exact) mass is 410 g/mol. The zero-order valence-corrected chi connectivity index (χ0v) is 16.4. The van der Waals surface area contributed by atoms with Crippen LogP contribution in [0, 0.1) is 5.82 Å². The third kappa shape index (κ3) is 4.16. The molecule has 1 aliphatic heterocycles. The van der Waals surface area contributed by atoms with Gasteiger partial charge in [0, 0.05) is 29.0 Å². The van der Waals surface area contributed by atoms with Crippen LogP contribution in [0.4, 0.5) is 4.39 Å². The normalized spacial score (nSPS) is 15.7. The van der Waals surface area contributed by atoms with E-state index in [0.717, 1.165) is 30.5 Å². The van der Waals surface area contributed by atoms with Crippen LogP contribution in [0.5, 0.6) is 0 Å². The maximum Gasteiger partial charge on any atom is 0.336 e. The third-order valence-electron chi connectivity index (χ3n) is 5.38. The van der Waals surface area contributed by atoms with Crippen LogP contribution in [-0.4, -0.2) is 22.6 Å². The molecule has 6 heteroatoms. The predicted molar refractivity (Wildman–Crippen MR) is 111 cm³/mol. The van der Waals surface area contributed by atoms with Crippen molar-refractivity contribution in [3.8, 4) is 11.1 Å². The zero-order chi connectivity index (χ0) is 20.4. The van der Waals surface area contributed by atoms with Gasteiger partial charge in [-0.25, -0.2) is 9.18 Å². The molecule has 1 aromatic heterocycles. The van der Waals surface area contributed by atoms with Crippen LogP contribution < -0.4 is 5.32 Å². The van der Waals surface area contributed by atoms with Gasteiger partial charge in [0.05, 0.1) is 5.56 Å². The first-order valence-corrected chi connectivity index (χ1v) is 9.88. The summed E-state index contributed by atoms with van der Waals surface area (Å²) in [6.45, 7) is 0.822. The molecule has 0 unspecified atom stereocenters. The summed E-state index contributed by atoms with van der Waals surface area (Å²) in [6.07, 6.45) is 5.36. The van der Waals surface area contributed by atoms with Gasteiger partial charge < -0.3 is 10.4 Å². The Morgan fingerprint density at radius 2 is 2.10 bits per heavy atom. The van der Waals surface area contributed by atoms with Crippen molar-refractivity contribution >= 4 is 17.6 Å². The molecule has 148 valence electrons. The van der Waals surface area contributed by atoms with Gasteiger partial charge in [-0.3, -0.25) is 4.98 Å². The molecule has 0 radical (unpaired) electrons. The summed E-state index contributed by atoms with van der Waals surface area (Å²) in [6, 6.07) is 12.4. The maximum atomic E-state index is 14.3. The van der Waals surface area contributed by atoms with Gasteiger partial charge in [-0.1, -0.05) is 29.8 Å². The molecule has 0 spiro atoms. The maximum absolute atomic E-state index is 14.3. The average molecular weight is 411 g/mol. The number of halogens is 2. The highest BCUT2D eigenvalue weighted by molar-refractivity contribution is 6.30. The Morgan fingerprint density at radius 1 is 1.24 bits per heavy atom. The first-order chi connectivity index (χ1) is 14.0. The number of fused-ring (bicyclic) bond motifs is 1. The van der Waals surface area contributed by atoms with Crippen molar-refractivity contribution in [1.82, 2.24) is 10.3 Å². The number of aromatic nitrogens is 1. The first kappa shape index (κ1) is 19.6. The molecule has 1 atom stereocenters. The summed E-state index contributed by atoms with van der Waals surface area (Å²) in [7, 11) is 0. The molecule has 3 aromatic rings. The number of carboxylic acid groups (broad SMARTS) is 1. The SMILES string of the molecule is O=C(O)c1ccncc1CC[C@H]1NCCc2cc(-c3ccc(Cl)cc3F)ccc21. The lowest BCUT2D eigenvalue weighted by atomic mass is 9.88. The lowest BCUT2D eigenvalue weighted by Gasteiger charge is -2.28. The number of aryl methyl sites for hydroxylation is 1. The number of aromatic carboxylic acids is 1. The Bertz CT molecular complexity index is 1070. The van der Waals surface area contributed by atoms with E-state index in [9.17, 15) is 14.3 Å². The van der Waals surface area contributed by atoms with Crippen molar-refractivity contribution < 1.29 is 14.3 Å². The molecule has 0 amide bonds. The minimum atomic E-state index is -0.936. The zero-order valence-electron chi connectivity index (χ0n) is 15.7. The van der Waals surface area contributed by atoms with Crippen LogP contribution in [0.1, 0.15) is 39.5 Å². The summed E-state index contributed by atoms with van der Waals surface area (Å²) in [4.78, 5) is 15.5. The number of carboxylic acids is 1. The second kappa shape index (κ2) is 8.31. The van der Waals surface area contributed by atoms with E-state index in [4.69, 9.17) is 11.6 Å². The van der Waals surface area contributed by atoms with Crippen molar-refractivity contribution in [3.05, 3.63) is 88.0 Å². The number of nitrogens with zero attached hydrogens (tertiary/aromatic N) is 1. The van der Waals surface area contributed by atoms with Gasteiger partial charge in [0.15, 0.2) is 0 Å². The van der Waals surface area contributed by atoms with Gasteiger partial charge in [-0.15, -0.1) is 0 Å².